The second kappa shape index (κ2) is 4.00. The molecule has 76 valence electrons. The number of aromatic nitrogens is 4. The first-order chi connectivity index (χ1) is 7.25. The Kier molecular flexibility index (Phi) is 2.53. The molecule has 0 N–H and O–H groups in total. The smallest absolute Gasteiger partial charge is 0.156 e. The Morgan fingerprint density at radius 1 is 1.40 bits per heavy atom. The van der Waals surface area contributed by atoms with Gasteiger partial charge in [-0.2, -0.15) is 0 Å². The minimum Gasteiger partial charge on any atom is -0.289 e. The van der Waals surface area contributed by atoms with Crippen molar-refractivity contribution in [2.45, 2.75) is 6.92 Å². The molecule has 0 aliphatic carbocycles. The molecule has 0 unspecified atom stereocenters. The molecule has 0 bridgehead atoms. The van der Waals surface area contributed by atoms with Gasteiger partial charge in [-0.05, 0) is 13.0 Å². The van der Waals surface area contributed by atoms with Crippen LogP contribution in [0.3, 0.4) is 0 Å². The summed E-state index contributed by atoms with van der Waals surface area (Å²) in [6, 6.07) is 0. The molecular weight excluding hydrogens is 195 g/mol. The first-order valence-electron chi connectivity index (χ1n) is 4.40. The van der Waals surface area contributed by atoms with E-state index >= 15 is 0 Å². The number of halogens is 1. The van der Waals surface area contributed by atoms with Gasteiger partial charge in [-0.3, -0.25) is 9.55 Å². The van der Waals surface area contributed by atoms with Crippen LogP contribution in [-0.2, 0) is 0 Å². The molecule has 0 amide bonds. The lowest BCUT2D eigenvalue weighted by atomic mass is 10.4. The predicted molar refractivity (Wildman–Crippen MR) is 53.9 cm³/mol. The minimum absolute atomic E-state index is 0.278. The lowest BCUT2D eigenvalue weighted by molar-refractivity contribution is 0.648. The number of hydrogen-bond acceptors (Lipinski definition) is 3. The monoisotopic (exact) mass is 204 g/mol. The molecule has 4 nitrogen and oxygen atoms in total. The van der Waals surface area contributed by atoms with Crippen LogP contribution in [-0.4, -0.2) is 19.5 Å². The van der Waals surface area contributed by atoms with Gasteiger partial charge in [-0.1, -0.05) is 0 Å². The molecule has 0 atom stereocenters. The highest BCUT2D eigenvalue weighted by molar-refractivity contribution is 5.45. The van der Waals surface area contributed by atoms with Gasteiger partial charge in [-0.15, -0.1) is 0 Å². The molecule has 2 aromatic heterocycles. The van der Waals surface area contributed by atoms with Crippen LogP contribution >= 0.6 is 0 Å². The van der Waals surface area contributed by atoms with Crippen molar-refractivity contribution in [1.29, 1.82) is 0 Å². The first-order valence-corrected chi connectivity index (χ1v) is 4.40. The highest BCUT2D eigenvalue weighted by Crippen LogP contribution is 2.07. The van der Waals surface area contributed by atoms with Crippen LogP contribution in [0.25, 0.3) is 11.9 Å². The largest absolute Gasteiger partial charge is 0.289 e. The van der Waals surface area contributed by atoms with Crippen LogP contribution < -0.4 is 0 Å². The van der Waals surface area contributed by atoms with Crippen molar-refractivity contribution in [2.24, 2.45) is 0 Å². The maximum Gasteiger partial charge on any atom is 0.156 e. The molecule has 0 aliphatic heterocycles. The van der Waals surface area contributed by atoms with E-state index in [2.05, 4.69) is 15.0 Å². The second-order valence-electron chi connectivity index (χ2n) is 3.00. The van der Waals surface area contributed by atoms with Crippen LogP contribution in [0.4, 0.5) is 4.39 Å². The average molecular weight is 204 g/mol. The normalized spacial score (nSPS) is 11.7. The van der Waals surface area contributed by atoms with Gasteiger partial charge in [0.15, 0.2) is 5.82 Å². The van der Waals surface area contributed by atoms with Crippen molar-refractivity contribution in [3.63, 3.8) is 0 Å². The van der Waals surface area contributed by atoms with E-state index in [0.29, 0.717) is 11.5 Å². The van der Waals surface area contributed by atoms with Crippen molar-refractivity contribution in [3.8, 4) is 5.82 Å². The third-order valence-electron chi connectivity index (χ3n) is 1.76. The second-order valence-corrected chi connectivity index (χ2v) is 3.00. The Morgan fingerprint density at radius 3 is 2.93 bits per heavy atom. The molecule has 0 aromatic carbocycles. The van der Waals surface area contributed by atoms with Crippen molar-refractivity contribution in [2.75, 3.05) is 0 Å². The van der Waals surface area contributed by atoms with Gasteiger partial charge in [0.25, 0.3) is 0 Å². The SMILES string of the molecule is C/C(F)=C/c1cn(-c2cnccn2)cn1. The Morgan fingerprint density at radius 2 is 2.27 bits per heavy atom. The van der Waals surface area contributed by atoms with Gasteiger partial charge in [0, 0.05) is 18.6 Å². The summed E-state index contributed by atoms with van der Waals surface area (Å²) in [6.45, 7) is 1.38. The van der Waals surface area contributed by atoms with Crippen molar-refractivity contribution < 1.29 is 4.39 Å². The number of imidazole rings is 1. The standard InChI is InChI=1S/C10H9FN4/c1-8(11)4-9-6-15(7-14-9)10-5-12-2-3-13-10/h2-7H,1H3/b8-4-. The molecule has 0 fully saturated rings. The van der Waals surface area contributed by atoms with E-state index in [4.69, 9.17) is 0 Å². The number of nitrogens with zero attached hydrogens (tertiary/aromatic N) is 4. The zero-order valence-corrected chi connectivity index (χ0v) is 8.13. The summed E-state index contributed by atoms with van der Waals surface area (Å²) in [7, 11) is 0. The lowest BCUT2D eigenvalue weighted by Gasteiger charge is -1.96. The molecule has 0 aliphatic rings. The summed E-state index contributed by atoms with van der Waals surface area (Å²) >= 11 is 0. The maximum absolute atomic E-state index is 12.6. The fourth-order valence-electron chi connectivity index (χ4n) is 1.17. The third-order valence-corrected chi connectivity index (χ3v) is 1.76. The zero-order chi connectivity index (χ0) is 10.7. The van der Waals surface area contributed by atoms with Gasteiger partial charge >= 0.3 is 0 Å². The topological polar surface area (TPSA) is 43.6 Å². The van der Waals surface area contributed by atoms with Crippen molar-refractivity contribution in [1.82, 2.24) is 19.5 Å². The molecule has 2 aromatic rings. The third kappa shape index (κ3) is 2.25. The van der Waals surface area contributed by atoms with E-state index in [0.717, 1.165) is 0 Å². The molecule has 15 heavy (non-hydrogen) atoms. The molecular formula is C10H9FN4. The van der Waals surface area contributed by atoms with Crippen molar-refractivity contribution >= 4 is 6.08 Å². The molecule has 2 rings (SSSR count). The van der Waals surface area contributed by atoms with Crippen molar-refractivity contribution in [3.05, 3.63) is 42.6 Å². The lowest BCUT2D eigenvalue weighted by Crippen LogP contribution is -1.93. The molecule has 0 spiro atoms. The van der Waals surface area contributed by atoms with E-state index in [9.17, 15) is 4.39 Å². The molecule has 0 saturated carbocycles. The van der Waals surface area contributed by atoms with Crippen LogP contribution in [0.1, 0.15) is 12.6 Å². The zero-order valence-electron chi connectivity index (χ0n) is 8.13. The average Bonchev–Trinajstić information content (AvgIpc) is 2.67. The van der Waals surface area contributed by atoms with Gasteiger partial charge in [0.05, 0.1) is 17.7 Å². The van der Waals surface area contributed by atoms with Crippen LogP contribution in [0.2, 0.25) is 0 Å². The first kappa shape index (κ1) is 9.51. The fourth-order valence-corrected chi connectivity index (χ4v) is 1.17. The van der Waals surface area contributed by atoms with E-state index in [1.54, 1.807) is 35.7 Å². The van der Waals surface area contributed by atoms with Gasteiger partial charge in [-0.25, -0.2) is 14.4 Å². The van der Waals surface area contributed by atoms with E-state index < -0.39 is 0 Å². The summed E-state index contributed by atoms with van der Waals surface area (Å²) < 4.78 is 14.3. The number of allylic oxidation sites excluding steroid dienone is 1. The summed E-state index contributed by atoms with van der Waals surface area (Å²) in [4.78, 5) is 12.0. The molecule has 0 saturated heterocycles. The summed E-state index contributed by atoms with van der Waals surface area (Å²) in [5.74, 6) is 0.376. The minimum atomic E-state index is -0.278. The van der Waals surface area contributed by atoms with E-state index in [1.165, 1.54) is 13.0 Å². The van der Waals surface area contributed by atoms with Gasteiger partial charge in [0.2, 0.25) is 0 Å². The predicted octanol–water partition coefficient (Wildman–Crippen LogP) is 1.99. The Balaban J connectivity index is 2.32. The Hall–Kier alpha value is -2.04. The quantitative estimate of drug-likeness (QED) is 0.751. The highest BCUT2D eigenvalue weighted by Gasteiger charge is 1.99. The van der Waals surface area contributed by atoms with E-state index in [1.807, 2.05) is 0 Å². The van der Waals surface area contributed by atoms with Crippen LogP contribution in [0, 0.1) is 0 Å². The number of rotatable bonds is 2. The number of hydrogen-bond donors (Lipinski definition) is 0. The molecule has 5 heteroatoms. The summed E-state index contributed by atoms with van der Waals surface area (Å²) in [5.41, 5.74) is 0.556. The van der Waals surface area contributed by atoms with Gasteiger partial charge in [0.1, 0.15) is 6.33 Å². The van der Waals surface area contributed by atoms with Crippen LogP contribution in [0.15, 0.2) is 36.9 Å². The van der Waals surface area contributed by atoms with Crippen LogP contribution in [0.5, 0.6) is 0 Å². The van der Waals surface area contributed by atoms with Gasteiger partial charge < -0.3 is 0 Å². The van der Waals surface area contributed by atoms with E-state index in [-0.39, 0.29) is 5.83 Å². The Bertz CT molecular complexity index is 471. The molecule has 0 radical (unpaired) electrons. The highest BCUT2D eigenvalue weighted by atomic mass is 19.1. The molecule has 2 heterocycles. The Labute approximate surface area is 86.1 Å². The summed E-state index contributed by atoms with van der Waals surface area (Å²) in [5, 5.41) is 0. The fraction of sp³-hybridized carbons (Fsp3) is 0.100. The summed E-state index contributed by atoms with van der Waals surface area (Å²) in [6.07, 6.45) is 9.40. The maximum atomic E-state index is 12.6.